The minimum Gasteiger partial charge on any atom is -0.387 e. The third-order valence-corrected chi connectivity index (χ3v) is 9.51. The molecule has 0 saturated carbocycles. The average Bonchev–Trinajstić information content (AvgIpc) is 2.92. The molecule has 0 bridgehead atoms. The van der Waals surface area contributed by atoms with Crippen LogP contribution in [0.5, 0.6) is 0 Å². The van der Waals surface area contributed by atoms with Crippen molar-refractivity contribution >= 4 is 29.3 Å². The van der Waals surface area contributed by atoms with Gasteiger partial charge in [-0.05, 0) is 6.07 Å². The number of nitrogens with zero attached hydrogens (tertiary/aromatic N) is 3. The summed E-state index contributed by atoms with van der Waals surface area (Å²) in [5.41, 5.74) is -0.710. The van der Waals surface area contributed by atoms with Crippen LogP contribution in [-0.2, 0) is 40.6 Å². The Hall–Kier alpha value is -0.990. The molecule has 3 rings (SSSR count). The molecule has 3 N–H and O–H groups in total. The van der Waals surface area contributed by atoms with E-state index in [4.69, 9.17) is 14.0 Å². The number of hydrogen-bond acceptors (Lipinski definition) is 13. The Bertz CT molecular complexity index is 1000. The third kappa shape index (κ3) is 5.50. The second-order valence-corrected chi connectivity index (χ2v) is 11.5. The van der Waals surface area contributed by atoms with E-state index in [1.165, 1.54) is 19.4 Å². The number of hydrogen-bond donors (Lipinski definition) is 3. The van der Waals surface area contributed by atoms with Gasteiger partial charge in [-0.15, -0.1) is 0 Å². The van der Waals surface area contributed by atoms with Gasteiger partial charge in [0.25, 0.3) is 0 Å². The van der Waals surface area contributed by atoms with E-state index in [0.29, 0.717) is 5.82 Å². The lowest BCUT2D eigenvalue weighted by Crippen LogP contribution is -2.37. The van der Waals surface area contributed by atoms with Crippen molar-refractivity contribution in [1.29, 1.82) is 0 Å². The van der Waals surface area contributed by atoms with Gasteiger partial charge >= 0.3 is 29.2 Å². The van der Waals surface area contributed by atoms with Crippen molar-refractivity contribution in [2.75, 3.05) is 32.7 Å². The van der Waals surface area contributed by atoms with Crippen molar-refractivity contribution in [2.45, 2.75) is 24.5 Å². The predicted molar refractivity (Wildman–Crippen MR) is 100 cm³/mol. The minimum absolute atomic E-state index is 0.377. The first-order valence-corrected chi connectivity index (χ1v) is 12.9. The Kier molecular flexibility index (Phi) is 6.95. The molecule has 0 amide bonds. The molecule has 0 radical (unpaired) electrons. The first-order chi connectivity index (χ1) is 14.3. The summed E-state index contributed by atoms with van der Waals surface area (Å²) in [7, 11) is -10.9. The summed E-state index contributed by atoms with van der Waals surface area (Å²) in [6.07, 6.45) is -3.65. The average molecular weight is 507 g/mol. The van der Waals surface area contributed by atoms with Crippen LogP contribution >= 0.6 is 23.5 Å². The van der Waals surface area contributed by atoms with Crippen molar-refractivity contribution in [3.05, 3.63) is 22.7 Å². The summed E-state index contributed by atoms with van der Waals surface area (Å²) in [5.74, 6) is 0.377. The highest BCUT2D eigenvalue weighted by Gasteiger charge is 2.55. The zero-order valence-electron chi connectivity index (χ0n) is 16.3. The zero-order chi connectivity index (χ0) is 23.2. The maximum atomic E-state index is 12.4. The molecular formula is C12H20N3O13P3. The van der Waals surface area contributed by atoms with Crippen molar-refractivity contribution < 1.29 is 55.5 Å². The highest BCUT2D eigenvalue weighted by molar-refractivity contribution is 7.74. The van der Waals surface area contributed by atoms with Gasteiger partial charge in [0, 0.05) is 27.4 Å². The number of aliphatic hydroxyl groups is 1. The minimum atomic E-state index is -5.22. The summed E-state index contributed by atoms with van der Waals surface area (Å²) in [5, 5.41) is 10.5. The topological polar surface area (TPSA) is 205 Å². The Morgan fingerprint density at radius 2 is 1.81 bits per heavy atom. The summed E-state index contributed by atoms with van der Waals surface area (Å²) >= 11 is 0. The Morgan fingerprint density at radius 1 is 1.19 bits per heavy atom. The van der Waals surface area contributed by atoms with E-state index >= 15 is 0 Å². The Labute approximate surface area is 175 Å². The van der Waals surface area contributed by atoms with E-state index in [1.807, 2.05) is 0 Å². The quantitative estimate of drug-likeness (QED) is 0.432. The molecule has 0 aromatic carbocycles. The van der Waals surface area contributed by atoms with Crippen molar-refractivity contribution in [3.8, 4) is 0 Å². The molecule has 0 spiro atoms. The number of ether oxygens (including phenoxy) is 2. The number of aliphatic hydroxyl groups excluding tert-OH is 1. The second kappa shape index (κ2) is 8.75. The van der Waals surface area contributed by atoms with E-state index in [0.717, 1.165) is 4.57 Å². The van der Waals surface area contributed by atoms with Gasteiger partial charge in [0.05, 0.1) is 6.61 Å². The van der Waals surface area contributed by atoms with Crippen LogP contribution in [0.4, 0.5) is 5.82 Å². The van der Waals surface area contributed by atoms with E-state index in [1.54, 1.807) is 19.0 Å². The zero-order valence-corrected chi connectivity index (χ0v) is 19.0. The van der Waals surface area contributed by atoms with Crippen LogP contribution < -0.4 is 10.6 Å². The van der Waals surface area contributed by atoms with E-state index in [-0.39, 0.29) is 0 Å². The second-order valence-electron chi connectivity index (χ2n) is 6.55. The number of aromatic nitrogens is 2. The Balaban J connectivity index is 1.77. The van der Waals surface area contributed by atoms with Gasteiger partial charge in [-0.1, -0.05) is 0 Å². The van der Waals surface area contributed by atoms with Crippen molar-refractivity contribution in [3.63, 3.8) is 0 Å². The van der Waals surface area contributed by atoms with Gasteiger partial charge < -0.3 is 29.3 Å². The number of methoxy groups -OCH3 is 1. The summed E-state index contributed by atoms with van der Waals surface area (Å²) < 4.78 is 63.9. The van der Waals surface area contributed by atoms with Crippen LogP contribution in [0.15, 0.2) is 17.1 Å². The van der Waals surface area contributed by atoms with Crippen LogP contribution in [0.3, 0.4) is 0 Å². The highest BCUT2D eigenvalue weighted by atomic mass is 31.3. The molecule has 6 atom stereocenters. The van der Waals surface area contributed by atoms with Crippen LogP contribution in [0, 0.1) is 0 Å². The molecule has 1 aromatic heterocycles. The first-order valence-electron chi connectivity index (χ1n) is 8.43. The van der Waals surface area contributed by atoms with E-state index < -0.39 is 60.3 Å². The van der Waals surface area contributed by atoms with Crippen LogP contribution in [0.1, 0.15) is 6.23 Å². The SMILES string of the molecule is COC1C(O)[C@@H](COP2(=O)OP(=O)(O)OP(=O)(O)O2)O[C@H]1n1ccc(N(C)C)nc1=O. The molecule has 2 aliphatic heterocycles. The fraction of sp³-hybridized carbons (Fsp3) is 0.667. The number of phosphoric acid groups is 3. The molecule has 0 aliphatic carbocycles. The molecule has 4 unspecified atom stereocenters. The molecular weight excluding hydrogens is 487 g/mol. The fourth-order valence-electron chi connectivity index (χ4n) is 2.82. The lowest BCUT2D eigenvalue weighted by atomic mass is 10.1. The normalized spacial score (nSPS) is 40.7. The van der Waals surface area contributed by atoms with Gasteiger partial charge in [0.1, 0.15) is 24.1 Å². The van der Waals surface area contributed by atoms with Gasteiger partial charge in [-0.2, -0.15) is 17.9 Å². The van der Waals surface area contributed by atoms with Gasteiger partial charge in [-0.25, -0.2) is 18.5 Å². The lowest BCUT2D eigenvalue weighted by molar-refractivity contribution is -0.0621. The van der Waals surface area contributed by atoms with Crippen LogP contribution in [0.2, 0.25) is 0 Å². The molecule has 19 heteroatoms. The van der Waals surface area contributed by atoms with Gasteiger partial charge in [0.2, 0.25) is 0 Å². The largest absolute Gasteiger partial charge is 0.492 e. The molecule has 2 saturated heterocycles. The molecule has 31 heavy (non-hydrogen) atoms. The smallest absolute Gasteiger partial charge is 0.387 e. The Morgan fingerprint density at radius 3 is 2.32 bits per heavy atom. The third-order valence-electron chi connectivity index (χ3n) is 4.14. The standard InChI is InChI=1S/C12H20N3O13P3/c1-14(2)8-4-5-15(12(17)13-8)11-10(23-3)9(16)7(25-11)6-24-31(22)27-29(18,19)26-30(20,21)28-31/h4-5,7,9-11,16H,6H2,1-3H3,(H,18,19)(H,20,21)/t7-,9?,10?,11-/m1/s1. The highest BCUT2D eigenvalue weighted by Crippen LogP contribution is 2.80. The van der Waals surface area contributed by atoms with Gasteiger partial charge in [0.15, 0.2) is 6.23 Å². The maximum Gasteiger partial charge on any atom is 0.492 e. The summed E-state index contributed by atoms with van der Waals surface area (Å²) in [6, 6.07) is 1.52. The van der Waals surface area contributed by atoms with Crippen LogP contribution in [-0.4, -0.2) is 70.6 Å². The van der Waals surface area contributed by atoms with Crippen molar-refractivity contribution in [2.24, 2.45) is 0 Å². The van der Waals surface area contributed by atoms with E-state index in [2.05, 4.69) is 17.9 Å². The first kappa shape index (κ1) is 24.6. The molecule has 2 fully saturated rings. The van der Waals surface area contributed by atoms with E-state index in [9.17, 15) is 33.4 Å². The molecule has 16 nitrogen and oxygen atoms in total. The molecule has 1 aromatic rings. The summed E-state index contributed by atoms with van der Waals surface area (Å²) in [6.45, 7) is -0.799. The molecule has 2 aliphatic rings. The van der Waals surface area contributed by atoms with Crippen molar-refractivity contribution in [1.82, 2.24) is 9.55 Å². The number of anilines is 1. The predicted octanol–water partition coefficient (Wildman–Crippen LogP) is -0.0285. The summed E-state index contributed by atoms with van der Waals surface area (Å²) in [4.78, 5) is 36.3. The lowest BCUT2D eigenvalue weighted by Gasteiger charge is -2.27. The molecule has 3 heterocycles. The maximum absolute atomic E-state index is 12.4. The number of rotatable bonds is 6. The van der Waals surface area contributed by atoms with Crippen LogP contribution in [0.25, 0.3) is 0 Å². The van der Waals surface area contributed by atoms with Gasteiger partial charge in [-0.3, -0.25) is 9.09 Å². The monoisotopic (exact) mass is 507 g/mol. The fourth-order valence-corrected chi connectivity index (χ4v) is 7.76. The molecule has 176 valence electrons.